The summed E-state index contributed by atoms with van der Waals surface area (Å²) in [5.74, 6) is -0.0821. The number of fused-ring (bicyclic) bond motifs is 1. The van der Waals surface area contributed by atoms with Crippen LogP contribution in [0.4, 0.5) is 5.69 Å². The Morgan fingerprint density at radius 2 is 1.80 bits per heavy atom. The van der Waals surface area contributed by atoms with E-state index in [1.165, 1.54) is 18.3 Å². The Bertz CT molecular complexity index is 1320. The predicted octanol–water partition coefficient (Wildman–Crippen LogP) is 2.29. The van der Waals surface area contributed by atoms with E-state index in [-0.39, 0.29) is 11.3 Å². The van der Waals surface area contributed by atoms with E-state index < -0.39 is 6.04 Å². The standard InChI is InChI=1S/C23H22N4O2S/c1-14-20(15(2)28)21(17-5-7-18(8-6-17)26(3)4)27-22(29)19(30-23(27)25-14)13-16-9-11-24-12-10-16/h5-13,21H,1-4H3/b19-13+/t21-/m0/s1. The zero-order chi connectivity index (χ0) is 21.4. The Kier molecular flexibility index (Phi) is 5.22. The van der Waals surface area contributed by atoms with Crippen LogP contribution in [0.3, 0.4) is 0 Å². The highest BCUT2D eigenvalue weighted by Gasteiger charge is 2.30. The van der Waals surface area contributed by atoms with Crippen molar-refractivity contribution < 1.29 is 4.79 Å². The summed E-state index contributed by atoms with van der Waals surface area (Å²) < 4.78 is 2.22. The van der Waals surface area contributed by atoms with Crippen molar-refractivity contribution in [1.82, 2.24) is 9.55 Å². The van der Waals surface area contributed by atoms with E-state index in [9.17, 15) is 9.59 Å². The van der Waals surface area contributed by atoms with E-state index >= 15 is 0 Å². The fourth-order valence-electron chi connectivity index (χ4n) is 3.65. The second kappa shape index (κ2) is 7.84. The normalized spacial score (nSPS) is 16.3. The van der Waals surface area contributed by atoms with Crippen molar-refractivity contribution >= 4 is 28.9 Å². The van der Waals surface area contributed by atoms with Crippen LogP contribution in [0.25, 0.3) is 6.08 Å². The first-order valence-corrected chi connectivity index (χ1v) is 10.4. The Hall–Kier alpha value is -3.32. The van der Waals surface area contributed by atoms with Gasteiger partial charge in [0.25, 0.3) is 5.56 Å². The molecule has 1 atom stereocenters. The first kappa shape index (κ1) is 20.0. The molecule has 0 N–H and O–H groups in total. The van der Waals surface area contributed by atoms with Crippen LogP contribution in [0, 0.1) is 0 Å². The van der Waals surface area contributed by atoms with Crippen molar-refractivity contribution in [1.29, 1.82) is 0 Å². The molecule has 2 aromatic heterocycles. The summed E-state index contributed by atoms with van der Waals surface area (Å²) in [4.78, 5) is 37.1. The summed E-state index contributed by atoms with van der Waals surface area (Å²) in [6.07, 6.45) is 5.22. The summed E-state index contributed by atoms with van der Waals surface area (Å²) in [6, 6.07) is 11.1. The topological polar surface area (TPSA) is 67.6 Å². The number of pyridine rings is 1. The number of rotatable bonds is 4. The molecule has 0 amide bonds. The number of benzene rings is 1. The van der Waals surface area contributed by atoms with Gasteiger partial charge in [-0.15, -0.1) is 0 Å². The van der Waals surface area contributed by atoms with Crippen molar-refractivity contribution in [3.63, 3.8) is 0 Å². The molecule has 0 saturated heterocycles. The first-order chi connectivity index (χ1) is 14.4. The number of anilines is 1. The zero-order valence-electron chi connectivity index (χ0n) is 17.3. The van der Waals surface area contributed by atoms with Crippen molar-refractivity contribution in [2.75, 3.05) is 19.0 Å². The van der Waals surface area contributed by atoms with Gasteiger partial charge in [-0.25, -0.2) is 4.99 Å². The molecule has 6 nitrogen and oxygen atoms in total. The van der Waals surface area contributed by atoms with Gasteiger partial charge >= 0.3 is 0 Å². The van der Waals surface area contributed by atoms with E-state index in [1.54, 1.807) is 17.0 Å². The van der Waals surface area contributed by atoms with Crippen LogP contribution >= 0.6 is 11.3 Å². The third-order valence-electron chi connectivity index (χ3n) is 5.13. The lowest BCUT2D eigenvalue weighted by molar-refractivity contribution is -0.114. The van der Waals surface area contributed by atoms with Gasteiger partial charge < -0.3 is 4.90 Å². The van der Waals surface area contributed by atoms with Gasteiger partial charge in [0.2, 0.25) is 0 Å². The van der Waals surface area contributed by atoms with Crippen molar-refractivity contribution in [3.05, 3.63) is 90.9 Å². The van der Waals surface area contributed by atoms with Gasteiger partial charge in [0, 0.05) is 43.4 Å². The molecule has 30 heavy (non-hydrogen) atoms. The molecule has 1 aliphatic rings. The number of aromatic nitrogens is 2. The SMILES string of the molecule is CC(=O)C1=C(C)N=c2s/c(=C/c3ccncc3)c(=O)n2[C@H]1c1ccc(N(C)C)cc1. The molecule has 1 aromatic carbocycles. The quantitative estimate of drug-likeness (QED) is 0.652. The highest BCUT2D eigenvalue weighted by molar-refractivity contribution is 7.07. The molecule has 0 bridgehead atoms. The summed E-state index contributed by atoms with van der Waals surface area (Å²) in [6.45, 7) is 3.36. The summed E-state index contributed by atoms with van der Waals surface area (Å²) in [5.41, 5.74) is 3.88. The Labute approximate surface area is 178 Å². The molecule has 152 valence electrons. The number of hydrogen-bond donors (Lipinski definition) is 0. The lowest BCUT2D eigenvalue weighted by Gasteiger charge is -2.25. The number of hydrogen-bond acceptors (Lipinski definition) is 6. The van der Waals surface area contributed by atoms with Crippen molar-refractivity contribution in [2.45, 2.75) is 19.9 Å². The first-order valence-electron chi connectivity index (χ1n) is 9.57. The summed E-state index contributed by atoms with van der Waals surface area (Å²) in [7, 11) is 3.95. The number of carbonyl (C=O) groups excluding carboxylic acids is 1. The van der Waals surface area contributed by atoms with Crippen LogP contribution in [0.5, 0.6) is 0 Å². The van der Waals surface area contributed by atoms with E-state index in [2.05, 4.69) is 9.98 Å². The number of thiazole rings is 1. The Morgan fingerprint density at radius 1 is 1.13 bits per heavy atom. The molecule has 0 spiro atoms. The van der Waals surface area contributed by atoms with E-state index in [4.69, 9.17) is 0 Å². The average Bonchev–Trinajstić information content (AvgIpc) is 3.02. The predicted molar refractivity (Wildman–Crippen MR) is 119 cm³/mol. The number of Topliss-reactive ketones (excluding diaryl/α,β-unsaturated/α-hetero) is 1. The summed E-state index contributed by atoms with van der Waals surface area (Å²) in [5, 5.41) is 0. The number of allylic oxidation sites excluding steroid dienone is 2. The molecule has 0 fully saturated rings. The maximum atomic E-state index is 13.4. The lowest BCUT2D eigenvalue weighted by Crippen LogP contribution is -2.39. The van der Waals surface area contributed by atoms with Gasteiger partial charge in [-0.1, -0.05) is 23.5 Å². The fourth-order valence-corrected chi connectivity index (χ4v) is 4.70. The average molecular weight is 419 g/mol. The Morgan fingerprint density at radius 3 is 2.40 bits per heavy atom. The minimum Gasteiger partial charge on any atom is -0.378 e. The zero-order valence-corrected chi connectivity index (χ0v) is 18.1. The van der Waals surface area contributed by atoms with E-state index in [1.807, 2.05) is 68.4 Å². The van der Waals surface area contributed by atoms with Gasteiger partial charge in [0.15, 0.2) is 10.6 Å². The Balaban J connectivity index is 1.95. The van der Waals surface area contributed by atoms with Gasteiger partial charge in [-0.2, -0.15) is 0 Å². The van der Waals surface area contributed by atoms with Crippen LogP contribution in [0.1, 0.15) is 31.0 Å². The van der Waals surface area contributed by atoms with Gasteiger partial charge in [-0.05, 0) is 55.3 Å². The molecule has 4 rings (SSSR count). The minimum absolute atomic E-state index is 0.0821. The maximum Gasteiger partial charge on any atom is 0.271 e. The van der Waals surface area contributed by atoms with Crippen LogP contribution in [0.15, 0.2) is 69.8 Å². The third kappa shape index (κ3) is 3.52. The van der Waals surface area contributed by atoms with Gasteiger partial charge in [0.1, 0.15) is 0 Å². The maximum absolute atomic E-state index is 13.4. The van der Waals surface area contributed by atoms with Crippen molar-refractivity contribution in [2.24, 2.45) is 4.99 Å². The molecule has 0 saturated carbocycles. The highest BCUT2D eigenvalue weighted by atomic mass is 32.1. The molecule has 0 radical (unpaired) electrons. The number of nitrogens with zero attached hydrogens (tertiary/aromatic N) is 4. The molecule has 1 aliphatic heterocycles. The molecule has 0 aliphatic carbocycles. The van der Waals surface area contributed by atoms with Gasteiger partial charge in [0.05, 0.1) is 10.6 Å². The number of ketones is 1. The fraction of sp³-hybridized carbons (Fsp3) is 0.217. The summed E-state index contributed by atoms with van der Waals surface area (Å²) >= 11 is 1.33. The molecular weight excluding hydrogens is 396 g/mol. The van der Waals surface area contributed by atoms with Crippen LogP contribution in [0.2, 0.25) is 0 Å². The van der Waals surface area contributed by atoms with Crippen LogP contribution < -0.4 is 19.8 Å². The second-order valence-electron chi connectivity index (χ2n) is 7.40. The molecule has 3 aromatic rings. The van der Waals surface area contributed by atoms with E-state index in [0.717, 1.165) is 16.8 Å². The minimum atomic E-state index is -0.491. The molecular formula is C23H22N4O2S. The highest BCUT2D eigenvalue weighted by Crippen LogP contribution is 2.31. The number of carbonyl (C=O) groups is 1. The smallest absolute Gasteiger partial charge is 0.271 e. The van der Waals surface area contributed by atoms with Gasteiger partial charge in [-0.3, -0.25) is 19.1 Å². The molecule has 7 heteroatoms. The monoisotopic (exact) mass is 418 g/mol. The molecule has 3 heterocycles. The van der Waals surface area contributed by atoms with Crippen LogP contribution in [-0.4, -0.2) is 29.4 Å². The third-order valence-corrected chi connectivity index (χ3v) is 6.11. The van der Waals surface area contributed by atoms with Crippen molar-refractivity contribution in [3.8, 4) is 0 Å². The lowest BCUT2D eigenvalue weighted by atomic mass is 9.93. The van der Waals surface area contributed by atoms with Crippen LogP contribution in [-0.2, 0) is 4.79 Å². The van der Waals surface area contributed by atoms with E-state index in [0.29, 0.717) is 20.6 Å². The second-order valence-corrected chi connectivity index (χ2v) is 8.41. The molecule has 0 unspecified atom stereocenters. The largest absolute Gasteiger partial charge is 0.378 e.